The van der Waals surface area contributed by atoms with Gasteiger partial charge in [-0.2, -0.15) is 0 Å². The fraction of sp³-hybridized carbons (Fsp3) is 0.667. The van der Waals surface area contributed by atoms with Crippen molar-refractivity contribution < 1.29 is 8.78 Å². The molecule has 1 aliphatic carbocycles. The zero-order valence-electron chi connectivity index (χ0n) is 13.2. The Bertz CT molecular complexity index is 482. The van der Waals surface area contributed by atoms with E-state index in [4.69, 9.17) is 11.6 Å². The van der Waals surface area contributed by atoms with E-state index in [0.29, 0.717) is 29.2 Å². The summed E-state index contributed by atoms with van der Waals surface area (Å²) >= 11 is 6.22. The molecule has 0 nitrogen and oxygen atoms in total. The largest absolute Gasteiger partial charge is 0.207 e. The Kier molecular flexibility index (Phi) is 4.97. The first kappa shape index (κ1) is 16.7. The molecular weight excluding hydrogens is 290 g/mol. The Morgan fingerprint density at radius 3 is 2.33 bits per heavy atom. The highest BCUT2D eigenvalue weighted by Gasteiger charge is 2.38. The van der Waals surface area contributed by atoms with Gasteiger partial charge in [0.1, 0.15) is 11.6 Å². The first-order valence-corrected chi connectivity index (χ1v) is 8.29. The average molecular weight is 315 g/mol. The van der Waals surface area contributed by atoms with E-state index in [-0.39, 0.29) is 17.0 Å². The maximum absolute atomic E-state index is 13.9. The van der Waals surface area contributed by atoms with Crippen LogP contribution in [0, 0.1) is 28.4 Å². The van der Waals surface area contributed by atoms with E-state index >= 15 is 0 Å². The normalized spacial score (nSPS) is 26.9. The highest BCUT2D eigenvalue weighted by atomic mass is 35.5. The standard InChI is InChI=1S/C18H25ClF2/c1-17(2,3)14-6-8-18(12-19,9-7-14)11-13-10-15(20)4-5-16(13)21/h4-5,10,14H,6-9,11-12H2,1-3H3. The van der Waals surface area contributed by atoms with Gasteiger partial charge in [0.05, 0.1) is 0 Å². The molecule has 0 amide bonds. The Labute approximate surface area is 131 Å². The Morgan fingerprint density at radius 1 is 1.19 bits per heavy atom. The summed E-state index contributed by atoms with van der Waals surface area (Å²) in [4.78, 5) is 0. The fourth-order valence-corrected chi connectivity index (χ4v) is 3.90. The lowest BCUT2D eigenvalue weighted by Gasteiger charge is -2.43. The molecule has 0 bridgehead atoms. The molecule has 0 heterocycles. The third kappa shape index (κ3) is 3.97. The molecule has 1 aromatic carbocycles. The van der Waals surface area contributed by atoms with Crippen molar-refractivity contribution in [1.29, 1.82) is 0 Å². The quantitative estimate of drug-likeness (QED) is 0.603. The number of rotatable bonds is 3. The second-order valence-electron chi connectivity index (χ2n) is 7.69. The van der Waals surface area contributed by atoms with E-state index in [1.54, 1.807) is 0 Å². The van der Waals surface area contributed by atoms with Crippen LogP contribution in [0.1, 0.15) is 52.0 Å². The summed E-state index contributed by atoms with van der Waals surface area (Å²) < 4.78 is 27.2. The van der Waals surface area contributed by atoms with Crippen molar-refractivity contribution in [1.82, 2.24) is 0 Å². The molecule has 0 radical (unpaired) electrons. The predicted molar refractivity (Wildman–Crippen MR) is 84.6 cm³/mol. The SMILES string of the molecule is CC(C)(C)C1CCC(CCl)(Cc2cc(F)ccc2F)CC1. The van der Waals surface area contributed by atoms with Crippen LogP contribution in [0.25, 0.3) is 0 Å². The third-order valence-electron chi connectivity index (χ3n) is 5.13. The fourth-order valence-electron chi connectivity index (χ4n) is 3.54. The van der Waals surface area contributed by atoms with Crippen LogP contribution < -0.4 is 0 Å². The van der Waals surface area contributed by atoms with E-state index in [1.807, 2.05) is 0 Å². The van der Waals surface area contributed by atoms with Crippen molar-refractivity contribution >= 4 is 11.6 Å². The highest BCUT2D eigenvalue weighted by molar-refractivity contribution is 6.18. The van der Waals surface area contributed by atoms with Gasteiger partial charge < -0.3 is 0 Å². The van der Waals surface area contributed by atoms with Crippen LogP contribution in [0.15, 0.2) is 18.2 Å². The van der Waals surface area contributed by atoms with Crippen LogP contribution in [0.2, 0.25) is 0 Å². The van der Waals surface area contributed by atoms with Crippen molar-refractivity contribution in [3.63, 3.8) is 0 Å². The van der Waals surface area contributed by atoms with Crippen molar-refractivity contribution in [2.45, 2.75) is 52.9 Å². The van der Waals surface area contributed by atoms with E-state index in [0.717, 1.165) is 25.7 Å². The Morgan fingerprint density at radius 2 is 1.81 bits per heavy atom. The first-order valence-electron chi connectivity index (χ1n) is 7.76. The average Bonchev–Trinajstić information content (AvgIpc) is 2.42. The zero-order chi connectivity index (χ0) is 15.7. The first-order chi connectivity index (χ1) is 9.76. The van der Waals surface area contributed by atoms with Gasteiger partial charge in [0.25, 0.3) is 0 Å². The maximum Gasteiger partial charge on any atom is 0.126 e. The van der Waals surface area contributed by atoms with Crippen molar-refractivity contribution in [3.8, 4) is 0 Å². The van der Waals surface area contributed by atoms with Gasteiger partial charge in [0.2, 0.25) is 0 Å². The summed E-state index contributed by atoms with van der Waals surface area (Å²) in [6.45, 7) is 6.83. The summed E-state index contributed by atoms with van der Waals surface area (Å²) in [7, 11) is 0. The van der Waals surface area contributed by atoms with Crippen LogP contribution in [-0.4, -0.2) is 5.88 Å². The Balaban J connectivity index is 2.12. The van der Waals surface area contributed by atoms with Gasteiger partial charge in [0.15, 0.2) is 0 Å². The minimum absolute atomic E-state index is 0.0854. The maximum atomic E-state index is 13.9. The minimum atomic E-state index is -0.375. The number of halogens is 3. The van der Waals surface area contributed by atoms with Crippen LogP contribution in [0.5, 0.6) is 0 Å². The van der Waals surface area contributed by atoms with Crippen LogP contribution in [0.4, 0.5) is 8.78 Å². The third-order valence-corrected chi connectivity index (χ3v) is 5.69. The van der Waals surface area contributed by atoms with E-state index in [1.165, 1.54) is 18.2 Å². The molecule has 0 spiro atoms. The number of hydrogen-bond donors (Lipinski definition) is 0. The molecule has 2 rings (SSSR count). The van der Waals surface area contributed by atoms with Crippen molar-refractivity contribution in [3.05, 3.63) is 35.4 Å². The summed E-state index contributed by atoms with van der Waals surface area (Å²) in [5.74, 6) is 0.504. The molecule has 3 heteroatoms. The monoisotopic (exact) mass is 314 g/mol. The topological polar surface area (TPSA) is 0 Å². The Hall–Kier alpha value is -0.630. The summed E-state index contributed by atoms with van der Waals surface area (Å²) in [6.07, 6.45) is 4.76. The second kappa shape index (κ2) is 6.24. The molecule has 0 saturated heterocycles. The lowest BCUT2D eigenvalue weighted by molar-refractivity contribution is 0.101. The van der Waals surface area contributed by atoms with Crippen molar-refractivity contribution in [2.24, 2.45) is 16.7 Å². The second-order valence-corrected chi connectivity index (χ2v) is 7.95. The lowest BCUT2D eigenvalue weighted by atomic mass is 9.63. The molecule has 0 aromatic heterocycles. The molecule has 21 heavy (non-hydrogen) atoms. The molecule has 0 N–H and O–H groups in total. The van der Waals surface area contributed by atoms with E-state index in [9.17, 15) is 8.78 Å². The summed E-state index contributed by atoms with van der Waals surface area (Å²) in [5.41, 5.74) is 0.686. The van der Waals surface area contributed by atoms with Crippen LogP contribution in [-0.2, 0) is 6.42 Å². The molecule has 0 aliphatic heterocycles. The molecule has 0 unspecified atom stereocenters. The lowest BCUT2D eigenvalue weighted by Crippen LogP contribution is -2.35. The molecule has 1 saturated carbocycles. The van der Waals surface area contributed by atoms with Gasteiger partial charge in [-0.05, 0) is 72.6 Å². The van der Waals surface area contributed by atoms with Gasteiger partial charge in [0, 0.05) is 5.88 Å². The van der Waals surface area contributed by atoms with Gasteiger partial charge in [-0.3, -0.25) is 0 Å². The van der Waals surface area contributed by atoms with Gasteiger partial charge in [-0.15, -0.1) is 11.6 Å². The number of benzene rings is 1. The van der Waals surface area contributed by atoms with Crippen LogP contribution >= 0.6 is 11.6 Å². The molecular formula is C18H25ClF2. The minimum Gasteiger partial charge on any atom is -0.207 e. The molecule has 1 aliphatic rings. The molecule has 1 fully saturated rings. The van der Waals surface area contributed by atoms with Gasteiger partial charge >= 0.3 is 0 Å². The summed E-state index contributed by atoms with van der Waals surface area (Å²) in [6, 6.07) is 3.70. The number of alkyl halides is 1. The van der Waals surface area contributed by atoms with Gasteiger partial charge in [-0.25, -0.2) is 8.78 Å². The highest BCUT2D eigenvalue weighted by Crippen LogP contribution is 2.47. The van der Waals surface area contributed by atoms with Crippen LogP contribution in [0.3, 0.4) is 0 Å². The van der Waals surface area contributed by atoms with E-state index < -0.39 is 0 Å². The van der Waals surface area contributed by atoms with Crippen molar-refractivity contribution in [2.75, 3.05) is 5.88 Å². The van der Waals surface area contributed by atoms with E-state index in [2.05, 4.69) is 20.8 Å². The zero-order valence-corrected chi connectivity index (χ0v) is 13.9. The molecule has 1 aromatic rings. The molecule has 0 atom stereocenters. The molecule has 118 valence electrons. The van der Waals surface area contributed by atoms with Gasteiger partial charge in [-0.1, -0.05) is 20.8 Å². The summed E-state index contributed by atoms with van der Waals surface area (Å²) in [5, 5.41) is 0. The smallest absolute Gasteiger partial charge is 0.126 e. The number of hydrogen-bond acceptors (Lipinski definition) is 0. The predicted octanol–water partition coefficient (Wildman–Crippen LogP) is 5.97.